The summed E-state index contributed by atoms with van der Waals surface area (Å²) in [6.07, 6.45) is 1.69. The predicted molar refractivity (Wildman–Crippen MR) is 86.2 cm³/mol. The molecule has 0 aliphatic carbocycles. The molecule has 0 atom stereocenters. The molecule has 0 spiro atoms. The monoisotopic (exact) mass is 318 g/mol. The minimum Gasteiger partial charge on any atom is -0.399 e. The van der Waals surface area contributed by atoms with Crippen LogP contribution in [-0.2, 0) is 0 Å². The number of nitrogens with one attached hydrogen (secondary N) is 1. The summed E-state index contributed by atoms with van der Waals surface area (Å²) >= 11 is 0. The molecular weight excluding hydrogens is 300 g/mol. The van der Waals surface area contributed by atoms with Crippen molar-refractivity contribution >= 4 is 18.0 Å². The van der Waals surface area contributed by atoms with E-state index in [1.165, 1.54) is 12.1 Å². The largest absolute Gasteiger partial charge is 0.433 e. The summed E-state index contributed by atoms with van der Waals surface area (Å²) in [5.74, 6) is 0.959. The summed E-state index contributed by atoms with van der Waals surface area (Å²) in [5, 5.41) is 14.8. The lowest BCUT2D eigenvalue weighted by Gasteiger charge is -2.13. The van der Waals surface area contributed by atoms with Gasteiger partial charge in [-0.3, -0.25) is 15.5 Å². The highest BCUT2D eigenvalue weighted by molar-refractivity contribution is 5.60. The van der Waals surface area contributed by atoms with Crippen molar-refractivity contribution in [3.8, 4) is 11.5 Å². The van der Waals surface area contributed by atoms with Crippen molar-refractivity contribution in [3.05, 3.63) is 34.1 Å². The molecule has 0 fully saturated rings. The first-order valence-electron chi connectivity index (χ1n) is 7.17. The van der Waals surface area contributed by atoms with E-state index in [9.17, 15) is 10.1 Å². The Morgan fingerprint density at radius 3 is 2.74 bits per heavy atom. The summed E-state index contributed by atoms with van der Waals surface area (Å²) in [6.45, 7) is 7.50. The second-order valence-electron chi connectivity index (χ2n) is 4.66. The van der Waals surface area contributed by atoms with Gasteiger partial charge in [-0.2, -0.15) is 5.10 Å². The summed E-state index contributed by atoms with van der Waals surface area (Å²) < 4.78 is 5.15. The minimum absolute atomic E-state index is 0.304. The van der Waals surface area contributed by atoms with E-state index < -0.39 is 4.92 Å². The Morgan fingerprint density at radius 1 is 1.39 bits per heavy atom. The van der Waals surface area contributed by atoms with E-state index in [0.717, 1.165) is 13.1 Å². The molecule has 2 aromatic heterocycles. The molecule has 23 heavy (non-hydrogen) atoms. The summed E-state index contributed by atoms with van der Waals surface area (Å²) in [4.78, 5) is 20.5. The highest BCUT2D eigenvalue weighted by atomic mass is 16.6. The Balaban J connectivity index is 2.19. The van der Waals surface area contributed by atoms with Crippen LogP contribution in [0.5, 0.6) is 0 Å². The van der Waals surface area contributed by atoms with Crippen LogP contribution in [-0.4, -0.2) is 39.2 Å². The Hall–Kier alpha value is -2.97. The number of anilines is 1. The molecule has 9 nitrogen and oxygen atoms in total. The van der Waals surface area contributed by atoms with Gasteiger partial charge in [0.05, 0.1) is 6.07 Å². The van der Waals surface area contributed by atoms with E-state index in [2.05, 4.69) is 20.5 Å². The van der Waals surface area contributed by atoms with Gasteiger partial charge in [-0.15, -0.1) is 0 Å². The highest BCUT2D eigenvalue weighted by Crippen LogP contribution is 2.25. The van der Waals surface area contributed by atoms with Crippen LogP contribution in [0.1, 0.15) is 19.7 Å². The van der Waals surface area contributed by atoms with Gasteiger partial charge in [0.15, 0.2) is 11.6 Å². The zero-order chi connectivity index (χ0) is 16.8. The molecule has 1 N–H and O–H groups in total. The second-order valence-corrected chi connectivity index (χ2v) is 4.66. The number of aryl methyl sites for hydroxylation is 1. The van der Waals surface area contributed by atoms with Crippen LogP contribution in [0, 0.1) is 17.0 Å². The maximum atomic E-state index is 10.7. The maximum absolute atomic E-state index is 10.7. The van der Waals surface area contributed by atoms with Crippen LogP contribution < -0.4 is 5.43 Å². The fourth-order valence-electron chi connectivity index (χ4n) is 1.88. The lowest BCUT2D eigenvalue weighted by Crippen LogP contribution is -2.21. The van der Waals surface area contributed by atoms with Gasteiger partial charge in [-0.05, 0) is 26.8 Å². The van der Waals surface area contributed by atoms with Gasteiger partial charge in [0, 0.05) is 19.2 Å². The molecular formula is C14H18N6O3. The number of hydrogen-bond donors (Lipinski definition) is 1. The van der Waals surface area contributed by atoms with Crippen LogP contribution >= 0.6 is 0 Å². The molecule has 9 heteroatoms. The average Bonchev–Trinajstić information content (AvgIpc) is 3.01. The molecule has 0 radical (unpaired) electrons. The van der Waals surface area contributed by atoms with Crippen LogP contribution in [0.3, 0.4) is 0 Å². The summed E-state index contributed by atoms with van der Waals surface area (Å²) in [7, 11) is 0. The van der Waals surface area contributed by atoms with Gasteiger partial charge in [0.1, 0.15) is 22.8 Å². The third-order valence-corrected chi connectivity index (χ3v) is 3.07. The molecule has 0 aromatic carbocycles. The zero-order valence-electron chi connectivity index (χ0n) is 13.2. The number of rotatable bonds is 7. The molecule has 2 rings (SSSR count). The lowest BCUT2D eigenvalue weighted by molar-refractivity contribution is -0.401. The molecule has 2 heterocycles. The third-order valence-electron chi connectivity index (χ3n) is 3.07. The smallest absolute Gasteiger partial charge is 0.399 e. The van der Waals surface area contributed by atoms with Crippen LogP contribution in [0.2, 0.25) is 0 Å². The second kappa shape index (κ2) is 7.34. The first-order chi connectivity index (χ1) is 11.0. The van der Waals surface area contributed by atoms with E-state index in [1.807, 2.05) is 18.7 Å². The molecule has 0 saturated carbocycles. The van der Waals surface area contributed by atoms with Crippen molar-refractivity contribution in [1.29, 1.82) is 0 Å². The molecule has 0 amide bonds. The van der Waals surface area contributed by atoms with Crippen LogP contribution in [0.15, 0.2) is 27.7 Å². The molecule has 122 valence electrons. The Bertz CT molecular complexity index is 708. The summed E-state index contributed by atoms with van der Waals surface area (Å²) in [6, 6.07) is 4.41. The molecule has 2 aromatic rings. The quantitative estimate of drug-likeness (QED) is 0.361. The Morgan fingerprint density at radius 2 is 2.13 bits per heavy atom. The number of nitrogens with zero attached hydrogens (tertiary/aromatic N) is 5. The van der Waals surface area contributed by atoms with Gasteiger partial charge in [-0.1, -0.05) is 0 Å². The lowest BCUT2D eigenvalue weighted by atomic mass is 10.3. The van der Waals surface area contributed by atoms with Gasteiger partial charge in [-0.25, -0.2) is 9.97 Å². The number of nitro groups is 1. The van der Waals surface area contributed by atoms with Gasteiger partial charge < -0.3 is 9.32 Å². The van der Waals surface area contributed by atoms with Crippen molar-refractivity contribution in [3.63, 3.8) is 0 Å². The normalized spacial score (nSPS) is 10.9. The highest BCUT2D eigenvalue weighted by Gasteiger charge is 2.15. The van der Waals surface area contributed by atoms with Crippen molar-refractivity contribution in [2.24, 2.45) is 5.10 Å². The third kappa shape index (κ3) is 4.25. The fraction of sp³-hybridized carbons (Fsp3) is 0.357. The number of hydrazone groups is 1. The van der Waals surface area contributed by atoms with Gasteiger partial charge in [0.2, 0.25) is 0 Å². The first kappa shape index (κ1) is 16.4. The number of hydrogen-bond acceptors (Lipinski definition) is 7. The molecule has 0 unspecified atom stereocenters. The van der Waals surface area contributed by atoms with E-state index in [4.69, 9.17) is 4.42 Å². The average molecular weight is 318 g/mol. The van der Waals surface area contributed by atoms with Gasteiger partial charge >= 0.3 is 5.88 Å². The van der Waals surface area contributed by atoms with Gasteiger partial charge in [0.25, 0.3) is 0 Å². The molecule has 0 aliphatic rings. The topological polar surface area (TPSA) is 110 Å². The van der Waals surface area contributed by atoms with Crippen molar-refractivity contribution in [2.45, 2.75) is 20.8 Å². The summed E-state index contributed by atoms with van der Waals surface area (Å²) in [5.41, 5.74) is 3.28. The molecule has 0 saturated heterocycles. The maximum Gasteiger partial charge on any atom is 0.433 e. The fourth-order valence-corrected chi connectivity index (χ4v) is 1.88. The van der Waals surface area contributed by atoms with Crippen LogP contribution in [0.4, 0.5) is 11.7 Å². The molecule has 0 bridgehead atoms. The van der Waals surface area contributed by atoms with E-state index >= 15 is 0 Å². The SMILES string of the molecule is CCN(/C=N/Nc1cc(-c2ccc([N+](=O)[O-])o2)nc(C)n1)CC. The first-order valence-corrected chi connectivity index (χ1v) is 7.17. The zero-order valence-corrected chi connectivity index (χ0v) is 13.2. The van der Waals surface area contributed by atoms with Crippen molar-refractivity contribution < 1.29 is 9.34 Å². The number of furan rings is 1. The predicted octanol–water partition coefficient (Wildman–Crippen LogP) is 2.65. The minimum atomic E-state index is -0.592. The standard InChI is InChI=1S/C14H18N6O3/c1-4-19(5-2)9-15-18-13-8-11(16-10(3)17-13)12-6-7-14(23-12)20(21)22/h6-9H,4-5H2,1-3H3,(H,16,17,18)/b15-9+. The molecule has 0 aliphatic heterocycles. The van der Waals surface area contributed by atoms with Crippen molar-refractivity contribution in [2.75, 3.05) is 18.5 Å². The van der Waals surface area contributed by atoms with Crippen molar-refractivity contribution in [1.82, 2.24) is 14.9 Å². The Kier molecular flexibility index (Phi) is 5.23. The van der Waals surface area contributed by atoms with E-state index in [-0.39, 0.29) is 5.88 Å². The van der Waals surface area contributed by atoms with E-state index in [0.29, 0.717) is 23.1 Å². The van der Waals surface area contributed by atoms with Crippen LogP contribution in [0.25, 0.3) is 11.5 Å². The van der Waals surface area contributed by atoms with E-state index in [1.54, 1.807) is 19.3 Å². The Labute approximate surface area is 133 Å². The number of aromatic nitrogens is 2.